The summed E-state index contributed by atoms with van der Waals surface area (Å²) in [4.78, 5) is 0. The van der Waals surface area contributed by atoms with Crippen molar-refractivity contribution in [1.82, 2.24) is 0 Å². The molecule has 0 radical (unpaired) electrons. The van der Waals surface area contributed by atoms with E-state index in [1.54, 1.807) is 0 Å². The molecule has 0 aromatic carbocycles. The first-order chi connectivity index (χ1) is 9.99. The first-order valence-electron chi connectivity index (χ1n) is 8.48. The Bertz CT molecular complexity index is 421. The van der Waals surface area contributed by atoms with Crippen molar-refractivity contribution in [3.05, 3.63) is 11.6 Å². The van der Waals surface area contributed by atoms with Gasteiger partial charge in [0.05, 0.1) is 17.8 Å². The van der Waals surface area contributed by atoms with Crippen LogP contribution in [0.5, 0.6) is 0 Å². The predicted octanol–water partition coefficient (Wildman–Crippen LogP) is 4.87. The van der Waals surface area contributed by atoms with Crippen LogP contribution in [0.3, 0.4) is 0 Å². The highest BCUT2D eigenvalue weighted by Crippen LogP contribution is 2.43. The number of nitriles is 1. The van der Waals surface area contributed by atoms with Crippen LogP contribution in [0.15, 0.2) is 11.6 Å². The number of allylic oxidation sites excluding steroid dienone is 1. The topological polar surface area (TPSA) is 42.2 Å². The molecule has 0 N–H and O–H groups in total. The number of hydrogen-bond acceptors (Lipinski definition) is 3. The zero-order chi connectivity index (χ0) is 15.3. The Hall–Kier alpha value is -0.850. The molecule has 1 saturated heterocycles. The molecular weight excluding hydrogens is 262 g/mol. The summed E-state index contributed by atoms with van der Waals surface area (Å²) < 4.78 is 12.4. The van der Waals surface area contributed by atoms with Gasteiger partial charge in [-0.05, 0) is 45.6 Å². The third-order valence-electron chi connectivity index (χ3n) is 4.48. The third kappa shape index (κ3) is 4.56. The Balaban J connectivity index is 2.04. The van der Waals surface area contributed by atoms with Crippen molar-refractivity contribution in [3.63, 3.8) is 0 Å². The standard InChI is InChI=1S/C18H29NO2/c1-4-5-6-7-10-16-13-18(21-17(2,3)20-16)11-8-9-15(12-18)14-19/h12,16H,4-11,13H2,1-3H3/t16-,18+/m0/s1. The Labute approximate surface area is 129 Å². The van der Waals surface area contributed by atoms with Gasteiger partial charge < -0.3 is 9.47 Å². The fraction of sp³-hybridized carbons (Fsp3) is 0.833. The Kier molecular flexibility index (Phi) is 5.46. The lowest BCUT2D eigenvalue weighted by Gasteiger charge is -2.48. The van der Waals surface area contributed by atoms with E-state index in [-0.39, 0.29) is 11.7 Å². The second-order valence-electron chi connectivity index (χ2n) is 6.99. The van der Waals surface area contributed by atoms with E-state index in [1.165, 1.54) is 25.7 Å². The lowest BCUT2D eigenvalue weighted by Crippen LogP contribution is -2.52. The van der Waals surface area contributed by atoms with Crippen molar-refractivity contribution in [2.75, 3.05) is 0 Å². The van der Waals surface area contributed by atoms with E-state index in [1.807, 2.05) is 13.8 Å². The van der Waals surface area contributed by atoms with Gasteiger partial charge in [0.2, 0.25) is 0 Å². The van der Waals surface area contributed by atoms with Crippen LogP contribution in [0.25, 0.3) is 0 Å². The van der Waals surface area contributed by atoms with Crippen LogP contribution >= 0.6 is 0 Å². The van der Waals surface area contributed by atoms with E-state index in [4.69, 9.17) is 9.47 Å². The van der Waals surface area contributed by atoms with Gasteiger partial charge in [0.25, 0.3) is 0 Å². The smallest absolute Gasteiger partial charge is 0.164 e. The highest BCUT2D eigenvalue weighted by molar-refractivity contribution is 5.28. The predicted molar refractivity (Wildman–Crippen MR) is 83.7 cm³/mol. The molecule has 0 aromatic rings. The number of unbranched alkanes of at least 4 members (excludes halogenated alkanes) is 3. The lowest BCUT2D eigenvalue weighted by molar-refractivity contribution is -0.324. The Morgan fingerprint density at radius 3 is 2.86 bits per heavy atom. The molecule has 0 amide bonds. The van der Waals surface area contributed by atoms with Gasteiger partial charge in [-0.15, -0.1) is 0 Å². The summed E-state index contributed by atoms with van der Waals surface area (Å²) >= 11 is 0. The molecule has 1 spiro atoms. The van der Waals surface area contributed by atoms with Crippen molar-refractivity contribution in [1.29, 1.82) is 5.26 Å². The third-order valence-corrected chi connectivity index (χ3v) is 4.48. The molecule has 1 aliphatic heterocycles. The van der Waals surface area contributed by atoms with E-state index < -0.39 is 5.79 Å². The van der Waals surface area contributed by atoms with Gasteiger partial charge in [-0.2, -0.15) is 5.26 Å². The number of hydrogen-bond donors (Lipinski definition) is 0. The average Bonchev–Trinajstić information content (AvgIpc) is 2.41. The Morgan fingerprint density at radius 1 is 1.33 bits per heavy atom. The van der Waals surface area contributed by atoms with Gasteiger partial charge >= 0.3 is 0 Å². The Morgan fingerprint density at radius 2 is 2.14 bits per heavy atom. The molecule has 0 bridgehead atoms. The highest BCUT2D eigenvalue weighted by Gasteiger charge is 2.45. The molecule has 2 atom stereocenters. The van der Waals surface area contributed by atoms with Crippen LogP contribution in [0.4, 0.5) is 0 Å². The van der Waals surface area contributed by atoms with E-state index in [0.717, 1.165) is 37.7 Å². The first kappa shape index (κ1) is 16.5. The molecule has 2 aliphatic rings. The van der Waals surface area contributed by atoms with E-state index >= 15 is 0 Å². The van der Waals surface area contributed by atoms with Gasteiger partial charge in [-0.3, -0.25) is 0 Å². The molecule has 1 aliphatic carbocycles. The van der Waals surface area contributed by atoms with Gasteiger partial charge in [0.1, 0.15) is 0 Å². The van der Waals surface area contributed by atoms with Crippen LogP contribution in [0.2, 0.25) is 0 Å². The van der Waals surface area contributed by atoms with E-state index in [9.17, 15) is 5.26 Å². The van der Waals surface area contributed by atoms with Crippen molar-refractivity contribution in [2.45, 2.75) is 96.1 Å². The minimum atomic E-state index is -0.553. The summed E-state index contributed by atoms with van der Waals surface area (Å²) in [5.74, 6) is -0.553. The largest absolute Gasteiger partial charge is 0.347 e. The van der Waals surface area contributed by atoms with Crippen molar-refractivity contribution >= 4 is 0 Å². The number of nitrogens with zero attached hydrogens (tertiary/aromatic N) is 1. The normalized spacial score (nSPS) is 31.7. The van der Waals surface area contributed by atoms with Crippen molar-refractivity contribution in [2.24, 2.45) is 0 Å². The minimum Gasteiger partial charge on any atom is -0.347 e. The molecule has 0 saturated carbocycles. The van der Waals surface area contributed by atoms with Gasteiger partial charge in [-0.1, -0.05) is 32.6 Å². The molecule has 2 rings (SSSR count). The maximum Gasteiger partial charge on any atom is 0.164 e. The average molecular weight is 291 g/mol. The fourth-order valence-electron chi connectivity index (χ4n) is 3.71. The summed E-state index contributed by atoms with van der Waals surface area (Å²) in [7, 11) is 0. The molecule has 1 fully saturated rings. The first-order valence-corrected chi connectivity index (χ1v) is 8.48. The maximum atomic E-state index is 9.20. The maximum absolute atomic E-state index is 9.20. The second-order valence-corrected chi connectivity index (χ2v) is 6.99. The number of ether oxygens (including phenoxy) is 2. The van der Waals surface area contributed by atoms with Gasteiger partial charge in [0, 0.05) is 12.0 Å². The molecule has 3 heteroatoms. The monoisotopic (exact) mass is 291 g/mol. The summed E-state index contributed by atoms with van der Waals surface area (Å²) in [6, 6.07) is 2.32. The summed E-state index contributed by atoms with van der Waals surface area (Å²) in [5.41, 5.74) is 0.601. The molecule has 0 unspecified atom stereocenters. The zero-order valence-corrected chi connectivity index (χ0v) is 13.8. The van der Waals surface area contributed by atoms with Gasteiger partial charge in [0.15, 0.2) is 5.79 Å². The van der Waals surface area contributed by atoms with Crippen LogP contribution < -0.4 is 0 Å². The van der Waals surface area contributed by atoms with Gasteiger partial charge in [-0.25, -0.2) is 0 Å². The summed E-state index contributed by atoms with van der Waals surface area (Å²) in [6.45, 7) is 6.24. The molecule has 0 aromatic heterocycles. The fourth-order valence-corrected chi connectivity index (χ4v) is 3.71. The van der Waals surface area contributed by atoms with Crippen LogP contribution in [-0.4, -0.2) is 17.5 Å². The summed E-state index contributed by atoms with van der Waals surface area (Å²) in [6.07, 6.45) is 12.3. The molecule has 118 valence electrons. The van der Waals surface area contributed by atoms with Crippen LogP contribution in [0, 0.1) is 11.3 Å². The minimum absolute atomic E-state index is 0.250. The highest BCUT2D eigenvalue weighted by atomic mass is 16.7. The van der Waals surface area contributed by atoms with Crippen molar-refractivity contribution < 1.29 is 9.47 Å². The molecule has 21 heavy (non-hydrogen) atoms. The summed E-state index contributed by atoms with van der Waals surface area (Å²) in [5, 5.41) is 9.20. The second kappa shape index (κ2) is 6.94. The van der Waals surface area contributed by atoms with Crippen LogP contribution in [0.1, 0.15) is 78.6 Å². The molecule has 1 heterocycles. The molecular formula is C18H29NO2. The SMILES string of the molecule is CCCCCC[C@H]1C[C@@]2(C=C(C#N)CCC2)OC(C)(C)O1. The van der Waals surface area contributed by atoms with Crippen LogP contribution in [-0.2, 0) is 9.47 Å². The lowest BCUT2D eigenvalue weighted by atomic mass is 9.81. The van der Waals surface area contributed by atoms with E-state index in [2.05, 4.69) is 19.1 Å². The van der Waals surface area contributed by atoms with E-state index in [0.29, 0.717) is 0 Å². The molecule has 3 nitrogen and oxygen atoms in total. The zero-order valence-electron chi connectivity index (χ0n) is 13.8. The number of rotatable bonds is 5. The van der Waals surface area contributed by atoms with Crippen molar-refractivity contribution in [3.8, 4) is 6.07 Å². The quantitative estimate of drug-likeness (QED) is 0.678.